The molecule has 0 aromatic heterocycles. The van der Waals surface area contributed by atoms with E-state index in [1.165, 1.54) is 19.3 Å². The topological polar surface area (TPSA) is 0 Å². The first-order valence-electron chi connectivity index (χ1n) is 4.67. The molecule has 0 aliphatic rings. The number of rotatable bonds is 4. The van der Waals surface area contributed by atoms with Gasteiger partial charge in [-0.2, -0.15) is 0 Å². The van der Waals surface area contributed by atoms with Crippen molar-refractivity contribution in [1.29, 1.82) is 0 Å². The van der Waals surface area contributed by atoms with Crippen molar-refractivity contribution < 1.29 is 0 Å². The van der Waals surface area contributed by atoms with Gasteiger partial charge in [-0.15, -0.1) is 0 Å². The van der Waals surface area contributed by atoms with Crippen LogP contribution < -0.4 is 0 Å². The predicted molar refractivity (Wildman–Crippen MR) is 52.7 cm³/mol. The third kappa shape index (κ3) is 5.06. The van der Waals surface area contributed by atoms with Gasteiger partial charge >= 0.3 is 0 Å². The van der Waals surface area contributed by atoms with Gasteiger partial charge in [0.05, 0.1) is 0 Å². The summed E-state index contributed by atoms with van der Waals surface area (Å²) in [6.45, 7) is 11.4. The Morgan fingerprint density at radius 2 is 1.82 bits per heavy atom. The fraction of sp³-hybridized carbons (Fsp3) is 0.818. The van der Waals surface area contributed by atoms with E-state index in [0.29, 0.717) is 5.41 Å². The van der Waals surface area contributed by atoms with Gasteiger partial charge < -0.3 is 0 Å². The van der Waals surface area contributed by atoms with Gasteiger partial charge in [0.15, 0.2) is 0 Å². The molecule has 0 spiro atoms. The van der Waals surface area contributed by atoms with Crippen LogP contribution in [-0.4, -0.2) is 0 Å². The third-order valence-electron chi connectivity index (χ3n) is 2.27. The quantitative estimate of drug-likeness (QED) is 0.533. The molecule has 0 heteroatoms. The summed E-state index contributed by atoms with van der Waals surface area (Å²) in [5.74, 6) is 0. The average molecular weight is 154 g/mol. The Bertz CT molecular complexity index is 129. The fourth-order valence-electron chi connectivity index (χ4n) is 1.30. The zero-order valence-electron chi connectivity index (χ0n) is 8.70. The fourth-order valence-corrected chi connectivity index (χ4v) is 1.30. The van der Waals surface area contributed by atoms with Gasteiger partial charge in [0.25, 0.3) is 0 Å². The van der Waals surface area contributed by atoms with E-state index in [0.717, 1.165) is 0 Å². The SMILES string of the molecule is CC/C=C(\C)CC(C)(C)CC. The lowest BCUT2D eigenvalue weighted by atomic mass is 9.83. The monoisotopic (exact) mass is 154 g/mol. The first kappa shape index (κ1) is 10.7. The molecule has 0 bridgehead atoms. The van der Waals surface area contributed by atoms with E-state index in [1.807, 2.05) is 0 Å². The lowest BCUT2D eigenvalue weighted by molar-refractivity contribution is 0.348. The number of hydrogen-bond acceptors (Lipinski definition) is 0. The number of allylic oxidation sites excluding steroid dienone is 2. The van der Waals surface area contributed by atoms with Crippen LogP contribution in [0.4, 0.5) is 0 Å². The molecule has 0 rings (SSSR count). The lowest BCUT2D eigenvalue weighted by Gasteiger charge is -2.22. The van der Waals surface area contributed by atoms with Gasteiger partial charge in [-0.3, -0.25) is 0 Å². The van der Waals surface area contributed by atoms with E-state index in [1.54, 1.807) is 5.57 Å². The zero-order chi connectivity index (χ0) is 8.91. The summed E-state index contributed by atoms with van der Waals surface area (Å²) in [4.78, 5) is 0. The van der Waals surface area contributed by atoms with Crippen LogP contribution in [0, 0.1) is 5.41 Å². The summed E-state index contributed by atoms with van der Waals surface area (Å²) in [5, 5.41) is 0. The summed E-state index contributed by atoms with van der Waals surface area (Å²) in [6, 6.07) is 0. The summed E-state index contributed by atoms with van der Waals surface area (Å²) in [5.41, 5.74) is 2.04. The molecule has 0 saturated heterocycles. The molecule has 0 nitrogen and oxygen atoms in total. The highest BCUT2D eigenvalue weighted by atomic mass is 14.2. The molecule has 0 N–H and O–H groups in total. The molecular weight excluding hydrogens is 132 g/mol. The van der Waals surface area contributed by atoms with E-state index in [4.69, 9.17) is 0 Å². The van der Waals surface area contributed by atoms with Crippen LogP contribution in [0.1, 0.15) is 53.9 Å². The van der Waals surface area contributed by atoms with Crippen LogP contribution in [0.15, 0.2) is 11.6 Å². The predicted octanol–water partition coefficient (Wildman–Crippen LogP) is 4.17. The molecule has 0 radical (unpaired) electrons. The zero-order valence-corrected chi connectivity index (χ0v) is 8.70. The Morgan fingerprint density at radius 3 is 2.18 bits per heavy atom. The molecule has 0 heterocycles. The highest BCUT2D eigenvalue weighted by Crippen LogP contribution is 2.28. The Kier molecular flexibility index (Phi) is 4.48. The van der Waals surface area contributed by atoms with Gasteiger partial charge in [0.1, 0.15) is 0 Å². The molecule has 0 aliphatic carbocycles. The molecule has 0 aliphatic heterocycles. The normalized spacial score (nSPS) is 13.7. The Labute approximate surface area is 71.7 Å². The summed E-state index contributed by atoms with van der Waals surface area (Å²) >= 11 is 0. The first-order chi connectivity index (χ1) is 5.02. The summed E-state index contributed by atoms with van der Waals surface area (Å²) < 4.78 is 0. The summed E-state index contributed by atoms with van der Waals surface area (Å²) in [7, 11) is 0. The Hall–Kier alpha value is -0.260. The van der Waals surface area contributed by atoms with Crippen LogP contribution in [0.25, 0.3) is 0 Å². The minimum atomic E-state index is 0.496. The van der Waals surface area contributed by atoms with E-state index in [9.17, 15) is 0 Å². The molecular formula is C11H22. The van der Waals surface area contributed by atoms with Crippen molar-refractivity contribution in [3.05, 3.63) is 11.6 Å². The van der Waals surface area contributed by atoms with Crippen LogP contribution in [0.5, 0.6) is 0 Å². The maximum Gasteiger partial charge on any atom is -0.0272 e. The smallest absolute Gasteiger partial charge is 0.0272 e. The molecule has 0 aromatic rings. The largest absolute Gasteiger partial charge is 0.0859 e. The van der Waals surface area contributed by atoms with E-state index in [2.05, 4.69) is 40.7 Å². The highest BCUT2D eigenvalue weighted by Gasteiger charge is 2.14. The van der Waals surface area contributed by atoms with E-state index < -0.39 is 0 Å². The molecule has 66 valence electrons. The molecule has 0 atom stereocenters. The third-order valence-corrected chi connectivity index (χ3v) is 2.27. The number of hydrogen-bond donors (Lipinski definition) is 0. The molecule has 0 amide bonds. The van der Waals surface area contributed by atoms with Gasteiger partial charge in [-0.25, -0.2) is 0 Å². The van der Waals surface area contributed by atoms with Gasteiger partial charge in [-0.1, -0.05) is 45.8 Å². The van der Waals surface area contributed by atoms with Crippen LogP contribution in [0.2, 0.25) is 0 Å². The van der Waals surface area contributed by atoms with Crippen molar-refractivity contribution in [2.24, 2.45) is 5.41 Å². The molecule has 0 fully saturated rings. The average Bonchev–Trinajstić information content (AvgIpc) is 1.87. The van der Waals surface area contributed by atoms with Crippen molar-refractivity contribution in [3.8, 4) is 0 Å². The van der Waals surface area contributed by atoms with Crippen LogP contribution >= 0.6 is 0 Å². The van der Waals surface area contributed by atoms with Crippen molar-refractivity contribution in [2.75, 3.05) is 0 Å². The minimum absolute atomic E-state index is 0.496. The van der Waals surface area contributed by atoms with Crippen LogP contribution in [0.3, 0.4) is 0 Å². The standard InChI is InChI=1S/C11H22/c1-6-8-10(3)9-11(4,5)7-2/h8H,6-7,9H2,1-5H3/b10-8+. The van der Waals surface area contributed by atoms with E-state index >= 15 is 0 Å². The van der Waals surface area contributed by atoms with Gasteiger partial charge in [0.2, 0.25) is 0 Å². The lowest BCUT2D eigenvalue weighted by Crippen LogP contribution is -2.09. The second-order valence-electron chi connectivity index (χ2n) is 4.15. The maximum absolute atomic E-state index is 2.33. The molecule has 11 heavy (non-hydrogen) atoms. The molecule has 0 aromatic carbocycles. The highest BCUT2D eigenvalue weighted by molar-refractivity contribution is 5.00. The van der Waals surface area contributed by atoms with E-state index in [-0.39, 0.29) is 0 Å². The Balaban J connectivity index is 3.92. The van der Waals surface area contributed by atoms with Crippen molar-refractivity contribution in [2.45, 2.75) is 53.9 Å². The molecule has 0 unspecified atom stereocenters. The maximum atomic E-state index is 2.33. The van der Waals surface area contributed by atoms with Crippen LogP contribution in [-0.2, 0) is 0 Å². The minimum Gasteiger partial charge on any atom is -0.0859 e. The second-order valence-corrected chi connectivity index (χ2v) is 4.15. The van der Waals surface area contributed by atoms with Gasteiger partial charge in [-0.05, 0) is 25.2 Å². The van der Waals surface area contributed by atoms with Crippen molar-refractivity contribution in [3.63, 3.8) is 0 Å². The summed E-state index contributed by atoms with van der Waals surface area (Å²) in [6.07, 6.45) is 6.02. The first-order valence-corrected chi connectivity index (χ1v) is 4.67. The van der Waals surface area contributed by atoms with Crippen molar-refractivity contribution in [1.82, 2.24) is 0 Å². The molecule has 0 saturated carbocycles. The second kappa shape index (κ2) is 4.58. The Morgan fingerprint density at radius 1 is 1.27 bits per heavy atom. The van der Waals surface area contributed by atoms with Gasteiger partial charge in [0, 0.05) is 0 Å². The van der Waals surface area contributed by atoms with Crippen molar-refractivity contribution >= 4 is 0 Å².